The second-order valence-electron chi connectivity index (χ2n) is 6.90. The molecule has 1 unspecified atom stereocenters. The van der Waals surface area contributed by atoms with Crippen LogP contribution >= 0.6 is 23.4 Å². The van der Waals surface area contributed by atoms with Gasteiger partial charge in [0.1, 0.15) is 5.82 Å². The maximum atomic E-state index is 13.2. The van der Waals surface area contributed by atoms with Gasteiger partial charge in [-0.3, -0.25) is 14.2 Å². The van der Waals surface area contributed by atoms with Crippen LogP contribution in [0, 0.1) is 0 Å². The number of thioether (sulfide) groups is 1. The van der Waals surface area contributed by atoms with Crippen LogP contribution in [0.1, 0.15) is 12.5 Å². The lowest BCUT2D eigenvalue weighted by Crippen LogP contribution is -2.27. The zero-order valence-electron chi connectivity index (χ0n) is 16.7. The van der Waals surface area contributed by atoms with Crippen LogP contribution in [0.3, 0.4) is 0 Å². The van der Waals surface area contributed by atoms with Crippen molar-refractivity contribution in [3.05, 3.63) is 93.9 Å². The summed E-state index contributed by atoms with van der Waals surface area (Å²) >= 11 is 7.08. The van der Waals surface area contributed by atoms with Gasteiger partial charge < -0.3 is 5.32 Å². The van der Waals surface area contributed by atoms with E-state index in [1.54, 1.807) is 35.8 Å². The summed E-state index contributed by atoms with van der Waals surface area (Å²) in [7, 11) is 0. The first-order valence-corrected chi connectivity index (χ1v) is 10.9. The molecule has 4 aromatic rings. The number of aromatic nitrogens is 3. The molecule has 2 aromatic heterocycles. The van der Waals surface area contributed by atoms with Gasteiger partial charge in [0.05, 0.1) is 27.7 Å². The quantitative estimate of drug-likeness (QED) is 0.343. The number of halogens is 1. The van der Waals surface area contributed by atoms with Gasteiger partial charge in [-0.05, 0) is 36.8 Å². The van der Waals surface area contributed by atoms with Crippen LogP contribution in [0.25, 0.3) is 10.9 Å². The maximum Gasteiger partial charge on any atom is 0.262 e. The third kappa shape index (κ3) is 4.95. The van der Waals surface area contributed by atoms with Crippen LogP contribution in [0.2, 0.25) is 5.02 Å². The van der Waals surface area contributed by atoms with Crippen molar-refractivity contribution in [3.63, 3.8) is 0 Å². The van der Waals surface area contributed by atoms with E-state index in [0.29, 0.717) is 33.4 Å². The van der Waals surface area contributed by atoms with Crippen LogP contribution in [0.15, 0.2) is 82.9 Å². The summed E-state index contributed by atoms with van der Waals surface area (Å²) in [6.45, 7) is 2.14. The number of anilines is 1. The molecule has 6 nitrogen and oxygen atoms in total. The molecule has 156 valence electrons. The third-order valence-electron chi connectivity index (χ3n) is 4.64. The molecule has 1 N–H and O–H groups in total. The fourth-order valence-corrected chi connectivity index (χ4v) is 4.05. The van der Waals surface area contributed by atoms with Gasteiger partial charge in [0.15, 0.2) is 5.16 Å². The van der Waals surface area contributed by atoms with E-state index in [0.717, 1.165) is 5.56 Å². The summed E-state index contributed by atoms with van der Waals surface area (Å²) < 4.78 is 1.62. The highest BCUT2D eigenvalue weighted by Crippen LogP contribution is 2.24. The van der Waals surface area contributed by atoms with Crippen LogP contribution < -0.4 is 10.9 Å². The lowest BCUT2D eigenvalue weighted by atomic mass is 10.2. The van der Waals surface area contributed by atoms with Gasteiger partial charge in [-0.2, -0.15) is 0 Å². The largest absolute Gasteiger partial charge is 0.310 e. The topological polar surface area (TPSA) is 76.9 Å². The van der Waals surface area contributed by atoms with Crippen molar-refractivity contribution < 1.29 is 4.79 Å². The first-order chi connectivity index (χ1) is 15.0. The summed E-state index contributed by atoms with van der Waals surface area (Å²) in [6, 6.07) is 20.2. The van der Waals surface area contributed by atoms with E-state index in [9.17, 15) is 9.59 Å². The van der Waals surface area contributed by atoms with E-state index in [4.69, 9.17) is 11.6 Å². The molecule has 2 heterocycles. The SMILES string of the molecule is CC(Sc1nc2ccccc2c(=O)n1Cc1ccccc1)C(=O)Nc1ccc(Cl)cn1. The predicted octanol–water partition coefficient (Wildman–Crippen LogP) is 4.61. The highest BCUT2D eigenvalue weighted by atomic mass is 35.5. The molecule has 1 amide bonds. The van der Waals surface area contributed by atoms with Crippen molar-refractivity contribution in [2.75, 3.05) is 5.32 Å². The molecule has 0 radical (unpaired) electrons. The molecular weight excluding hydrogens is 432 g/mol. The average molecular weight is 451 g/mol. The lowest BCUT2D eigenvalue weighted by Gasteiger charge is -2.16. The average Bonchev–Trinajstić information content (AvgIpc) is 2.78. The second kappa shape index (κ2) is 9.32. The molecule has 0 aliphatic carbocycles. The fourth-order valence-electron chi connectivity index (χ4n) is 3.03. The molecule has 1 atom stereocenters. The van der Waals surface area contributed by atoms with Crippen LogP contribution in [-0.2, 0) is 11.3 Å². The number of benzene rings is 2. The molecule has 0 saturated heterocycles. The zero-order chi connectivity index (χ0) is 21.8. The summed E-state index contributed by atoms with van der Waals surface area (Å²) in [6.07, 6.45) is 1.47. The number of amides is 1. The van der Waals surface area contributed by atoms with Crippen LogP contribution in [-0.4, -0.2) is 25.7 Å². The number of pyridine rings is 1. The number of carbonyl (C=O) groups is 1. The number of rotatable bonds is 6. The molecular formula is C23H19ClN4O2S. The van der Waals surface area contributed by atoms with E-state index in [-0.39, 0.29) is 11.5 Å². The van der Waals surface area contributed by atoms with E-state index in [2.05, 4.69) is 15.3 Å². The number of hydrogen-bond donors (Lipinski definition) is 1. The van der Waals surface area contributed by atoms with Gasteiger partial charge in [0.2, 0.25) is 5.91 Å². The Morgan fingerprint density at radius 3 is 2.58 bits per heavy atom. The fraction of sp³-hybridized carbons (Fsp3) is 0.130. The van der Waals surface area contributed by atoms with Crippen molar-refractivity contribution in [1.29, 1.82) is 0 Å². The number of fused-ring (bicyclic) bond motifs is 1. The molecule has 0 aliphatic rings. The Hall–Kier alpha value is -3.16. The Morgan fingerprint density at radius 2 is 1.84 bits per heavy atom. The number of hydrogen-bond acceptors (Lipinski definition) is 5. The summed E-state index contributed by atoms with van der Waals surface area (Å²) in [5, 5.41) is 3.78. The highest BCUT2D eigenvalue weighted by molar-refractivity contribution is 8.00. The van der Waals surface area contributed by atoms with E-state index < -0.39 is 5.25 Å². The maximum absolute atomic E-state index is 13.2. The molecule has 2 aromatic carbocycles. The van der Waals surface area contributed by atoms with Gasteiger partial charge in [0, 0.05) is 6.20 Å². The third-order valence-corrected chi connectivity index (χ3v) is 5.95. The Labute approximate surface area is 188 Å². The first kappa shape index (κ1) is 21.1. The Morgan fingerprint density at radius 1 is 1.10 bits per heavy atom. The van der Waals surface area contributed by atoms with E-state index in [1.807, 2.05) is 42.5 Å². The molecule has 0 saturated carbocycles. The first-order valence-electron chi connectivity index (χ1n) is 9.64. The lowest BCUT2D eigenvalue weighted by molar-refractivity contribution is -0.115. The smallest absolute Gasteiger partial charge is 0.262 e. The van der Waals surface area contributed by atoms with Gasteiger partial charge in [-0.1, -0.05) is 65.8 Å². The van der Waals surface area contributed by atoms with E-state index in [1.165, 1.54) is 18.0 Å². The minimum Gasteiger partial charge on any atom is -0.310 e. The monoisotopic (exact) mass is 450 g/mol. The van der Waals surface area contributed by atoms with Gasteiger partial charge in [0.25, 0.3) is 5.56 Å². The minimum absolute atomic E-state index is 0.135. The number of para-hydroxylation sites is 1. The summed E-state index contributed by atoms with van der Waals surface area (Å²) in [5.41, 5.74) is 1.45. The number of carbonyl (C=O) groups excluding carboxylic acids is 1. The van der Waals surface area contributed by atoms with Crippen molar-refractivity contribution in [2.24, 2.45) is 0 Å². The minimum atomic E-state index is -0.507. The Bertz CT molecular complexity index is 1280. The number of nitrogens with one attached hydrogen (secondary N) is 1. The highest BCUT2D eigenvalue weighted by Gasteiger charge is 2.20. The van der Waals surface area contributed by atoms with Gasteiger partial charge >= 0.3 is 0 Å². The molecule has 0 aliphatic heterocycles. The normalized spacial score (nSPS) is 11.9. The predicted molar refractivity (Wildman–Crippen MR) is 125 cm³/mol. The van der Waals surface area contributed by atoms with Gasteiger partial charge in [-0.15, -0.1) is 0 Å². The standard InChI is InChI=1S/C23H19ClN4O2S/c1-15(21(29)27-20-12-11-17(24)13-25-20)31-23-26-19-10-6-5-9-18(19)22(30)28(23)14-16-7-3-2-4-8-16/h2-13,15H,14H2,1H3,(H,25,27,29). The van der Waals surface area contributed by atoms with Crippen LogP contribution in [0.5, 0.6) is 0 Å². The zero-order valence-corrected chi connectivity index (χ0v) is 18.2. The molecule has 0 spiro atoms. The molecule has 8 heteroatoms. The Balaban J connectivity index is 1.65. The van der Waals surface area contributed by atoms with Crippen molar-refractivity contribution in [3.8, 4) is 0 Å². The molecule has 0 bridgehead atoms. The number of nitrogens with zero attached hydrogens (tertiary/aromatic N) is 3. The molecule has 4 rings (SSSR count). The molecule has 31 heavy (non-hydrogen) atoms. The van der Waals surface area contributed by atoms with Gasteiger partial charge in [-0.25, -0.2) is 9.97 Å². The van der Waals surface area contributed by atoms with Crippen molar-refractivity contribution in [2.45, 2.75) is 23.9 Å². The van der Waals surface area contributed by atoms with Crippen LogP contribution in [0.4, 0.5) is 5.82 Å². The van der Waals surface area contributed by atoms with Crippen molar-refractivity contribution >= 4 is 46.0 Å². The Kier molecular flexibility index (Phi) is 6.34. The second-order valence-corrected chi connectivity index (χ2v) is 8.64. The molecule has 0 fully saturated rings. The van der Waals surface area contributed by atoms with E-state index >= 15 is 0 Å². The van der Waals surface area contributed by atoms with Crippen molar-refractivity contribution in [1.82, 2.24) is 14.5 Å². The summed E-state index contributed by atoms with van der Waals surface area (Å²) in [5.74, 6) is 0.170. The summed E-state index contributed by atoms with van der Waals surface area (Å²) in [4.78, 5) is 34.7.